The molecule has 0 amide bonds. The van der Waals surface area contributed by atoms with Crippen LogP contribution >= 0.6 is 0 Å². The number of nitrogens with zero attached hydrogens (tertiary/aromatic N) is 2. The summed E-state index contributed by atoms with van der Waals surface area (Å²) in [6, 6.07) is 4.29. The molecule has 2 aromatic rings. The normalized spacial score (nSPS) is 12.2. The second kappa shape index (κ2) is 4.49. The largest absolute Gasteiger partial charge is 0.313 e. The first-order chi connectivity index (χ1) is 8.00. The van der Waals surface area contributed by atoms with E-state index in [1.807, 2.05) is 0 Å². The smallest absolute Gasteiger partial charge is 0.137 e. The molecule has 1 N–H and O–H groups in total. The number of rotatable bonds is 3. The Hall–Kier alpha value is -1.35. The SMILES string of the molecule is CCNCc1ccn2cc(C(C)(C)C)nc2c1. The lowest BCUT2D eigenvalue weighted by atomic mass is 9.93. The molecule has 0 spiro atoms. The number of imidazole rings is 1. The van der Waals surface area contributed by atoms with E-state index in [0.717, 1.165) is 24.4 Å². The van der Waals surface area contributed by atoms with Crippen LogP contribution in [0.5, 0.6) is 0 Å². The van der Waals surface area contributed by atoms with Crippen LogP contribution < -0.4 is 5.32 Å². The van der Waals surface area contributed by atoms with Gasteiger partial charge in [-0.3, -0.25) is 0 Å². The number of hydrogen-bond donors (Lipinski definition) is 1. The molecule has 0 radical (unpaired) electrons. The molecule has 3 nitrogen and oxygen atoms in total. The first kappa shape index (κ1) is 12.1. The van der Waals surface area contributed by atoms with E-state index >= 15 is 0 Å². The van der Waals surface area contributed by atoms with E-state index in [2.05, 4.69) is 66.9 Å². The minimum atomic E-state index is 0.105. The van der Waals surface area contributed by atoms with Gasteiger partial charge in [0.15, 0.2) is 0 Å². The summed E-state index contributed by atoms with van der Waals surface area (Å²) in [6.07, 6.45) is 4.20. The molecule has 2 rings (SSSR count). The van der Waals surface area contributed by atoms with Crippen molar-refractivity contribution < 1.29 is 0 Å². The summed E-state index contributed by atoms with van der Waals surface area (Å²) in [7, 11) is 0. The fourth-order valence-corrected chi connectivity index (χ4v) is 1.76. The molecule has 2 aromatic heterocycles. The minimum absolute atomic E-state index is 0.105. The molecule has 0 aliphatic heterocycles. The van der Waals surface area contributed by atoms with Crippen LogP contribution in [0.2, 0.25) is 0 Å². The quantitative estimate of drug-likeness (QED) is 0.880. The molecule has 0 saturated heterocycles. The van der Waals surface area contributed by atoms with E-state index < -0.39 is 0 Å². The summed E-state index contributed by atoms with van der Waals surface area (Å²) in [5.41, 5.74) is 3.56. The summed E-state index contributed by atoms with van der Waals surface area (Å²) in [5, 5.41) is 3.33. The maximum Gasteiger partial charge on any atom is 0.137 e. The van der Waals surface area contributed by atoms with Crippen molar-refractivity contribution >= 4 is 5.65 Å². The van der Waals surface area contributed by atoms with Crippen molar-refractivity contribution in [3.63, 3.8) is 0 Å². The van der Waals surface area contributed by atoms with Crippen LogP contribution in [0, 0.1) is 0 Å². The molecule has 0 aliphatic rings. The van der Waals surface area contributed by atoms with Crippen molar-refractivity contribution in [1.82, 2.24) is 14.7 Å². The Morgan fingerprint density at radius 2 is 2.12 bits per heavy atom. The summed E-state index contributed by atoms with van der Waals surface area (Å²) in [6.45, 7) is 10.6. The van der Waals surface area contributed by atoms with Gasteiger partial charge >= 0.3 is 0 Å². The zero-order valence-corrected chi connectivity index (χ0v) is 11.1. The molecular formula is C14H21N3. The molecule has 2 heterocycles. The number of hydrogen-bond acceptors (Lipinski definition) is 2. The van der Waals surface area contributed by atoms with E-state index in [0.29, 0.717) is 0 Å². The highest BCUT2D eigenvalue weighted by molar-refractivity contribution is 5.44. The third kappa shape index (κ3) is 2.67. The van der Waals surface area contributed by atoms with E-state index in [4.69, 9.17) is 0 Å². The molecular weight excluding hydrogens is 210 g/mol. The van der Waals surface area contributed by atoms with Gasteiger partial charge in [0.05, 0.1) is 5.69 Å². The fourth-order valence-electron chi connectivity index (χ4n) is 1.76. The predicted molar refractivity (Wildman–Crippen MR) is 71.3 cm³/mol. The molecule has 0 unspecified atom stereocenters. The van der Waals surface area contributed by atoms with Crippen LogP contribution in [0.15, 0.2) is 24.5 Å². The van der Waals surface area contributed by atoms with E-state index in [9.17, 15) is 0 Å². The summed E-state index contributed by atoms with van der Waals surface area (Å²) >= 11 is 0. The number of fused-ring (bicyclic) bond motifs is 1. The lowest BCUT2D eigenvalue weighted by Crippen LogP contribution is -2.11. The van der Waals surface area contributed by atoms with Crippen LogP contribution in [0.1, 0.15) is 39.0 Å². The van der Waals surface area contributed by atoms with Gasteiger partial charge in [-0.25, -0.2) is 4.98 Å². The van der Waals surface area contributed by atoms with Gasteiger partial charge in [0.2, 0.25) is 0 Å². The molecule has 0 aliphatic carbocycles. The van der Waals surface area contributed by atoms with Crippen molar-refractivity contribution in [3.05, 3.63) is 35.8 Å². The highest BCUT2D eigenvalue weighted by Crippen LogP contribution is 2.21. The standard InChI is InChI=1S/C14H21N3/c1-5-15-9-11-6-7-17-10-12(14(2,3)4)16-13(17)8-11/h6-8,10,15H,5,9H2,1-4H3. The Labute approximate surface area is 103 Å². The Morgan fingerprint density at radius 3 is 2.76 bits per heavy atom. The van der Waals surface area contributed by atoms with Gasteiger partial charge in [-0.15, -0.1) is 0 Å². The van der Waals surface area contributed by atoms with Crippen molar-refractivity contribution in [2.24, 2.45) is 0 Å². The van der Waals surface area contributed by atoms with Crippen molar-refractivity contribution in [3.8, 4) is 0 Å². The maximum atomic E-state index is 4.69. The predicted octanol–water partition coefficient (Wildman–Crippen LogP) is 2.74. The van der Waals surface area contributed by atoms with Crippen LogP contribution in [0.3, 0.4) is 0 Å². The zero-order valence-electron chi connectivity index (χ0n) is 11.1. The highest BCUT2D eigenvalue weighted by Gasteiger charge is 2.17. The second-order valence-corrected chi connectivity index (χ2v) is 5.46. The molecule has 0 atom stereocenters. The Bertz CT molecular complexity index is 506. The lowest BCUT2D eigenvalue weighted by molar-refractivity contribution is 0.573. The monoisotopic (exact) mass is 231 g/mol. The number of aromatic nitrogens is 2. The van der Waals surface area contributed by atoms with Crippen LogP contribution in [-0.4, -0.2) is 15.9 Å². The van der Waals surface area contributed by atoms with Gasteiger partial charge in [0.25, 0.3) is 0 Å². The van der Waals surface area contributed by atoms with Crippen molar-refractivity contribution in [1.29, 1.82) is 0 Å². The first-order valence-electron chi connectivity index (χ1n) is 6.19. The molecule has 0 saturated carbocycles. The molecule has 17 heavy (non-hydrogen) atoms. The Morgan fingerprint density at radius 1 is 1.35 bits per heavy atom. The summed E-state index contributed by atoms with van der Waals surface area (Å²) in [4.78, 5) is 4.69. The first-order valence-corrected chi connectivity index (χ1v) is 6.19. The van der Waals surface area contributed by atoms with E-state index in [-0.39, 0.29) is 5.41 Å². The van der Waals surface area contributed by atoms with Crippen LogP contribution in [-0.2, 0) is 12.0 Å². The average Bonchev–Trinajstić information content (AvgIpc) is 2.68. The van der Waals surface area contributed by atoms with Crippen LogP contribution in [0.4, 0.5) is 0 Å². The van der Waals surface area contributed by atoms with Gasteiger partial charge < -0.3 is 9.72 Å². The zero-order chi connectivity index (χ0) is 12.5. The molecule has 92 valence electrons. The Kier molecular flexibility index (Phi) is 3.20. The van der Waals surface area contributed by atoms with Crippen molar-refractivity contribution in [2.45, 2.75) is 39.7 Å². The summed E-state index contributed by atoms with van der Waals surface area (Å²) < 4.78 is 2.09. The van der Waals surface area contributed by atoms with Gasteiger partial charge in [-0.1, -0.05) is 27.7 Å². The van der Waals surface area contributed by atoms with Gasteiger partial charge in [0, 0.05) is 24.4 Å². The number of nitrogens with one attached hydrogen (secondary N) is 1. The van der Waals surface area contributed by atoms with Gasteiger partial charge in [0.1, 0.15) is 5.65 Å². The van der Waals surface area contributed by atoms with E-state index in [1.54, 1.807) is 0 Å². The van der Waals surface area contributed by atoms with Crippen molar-refractivity contribution in [2.75, 3.05) is 6.54 Å². The minimum Gasteiger partial charge on any atom is -0.313 e. The third-order valence-electron chi connectivity index (χ3n) is 2.87. The fraction of sp³-hybridized carbons (Fsp3) is 0.500. The third-order valence-corrected chi connectivity index (χ3v) is 2.87. The summed E-state index contributed by atoms with van der Waals surface area (Å²) in [5.74, 6) is 0. The topological polar surface area (TPSA) is 29.3 Å². The lowest BCUT2D eigenvalue weighted by Gasteiger charge is -2.13. The van der Waals surface area contributed by atoms with Gasteiger partial charge in [-0.05, 0) is 24.2 Å². The van der Waals surface area contributed by atoms with Gasteiger partial charge in [-0.2, -0.15) is 0 Å². The highest BCUT2D eigenvalue weighted by atomic mass is 15.0. The average molecular weight is 231 g/mol. The maximum absolute atomic E-state index is 4.69. The van der Waals surface area contributed by atoms with Crippen LogP contribution in [0.25, 0.3) is 5.65 Å². The Balaban J connectivity index is 2.34. The molecule has 0 fully saturated rings. The van der Waals surface area contributed by atoms with E-state index in [1.165, 1.54) is 5.56 Å². The molecule has 3 heteroatoms. The molecule has 0 aromatic carbocycles. The molecule has 0 bridgehead atoms. The second-order valence-electron chi connectivity index (χ2n) is 5.46. The number of pyridine rings is 1.